The van der Waals surface area contributed by atoms with Gasteiger partial charge in [-0.05, 0) is 50.5 Å². The van der Waals surface area contributed by atoms with Crippen molar-refractivity contribution in [3.05, 3.63) is 23.8 Å². The van der Waals surface area contributed by atoms with Crippen LogP contribution in [0.15, 0.2) is 18.2 Å². The van der Waals surface area contributed by atoms with E-state index in [0.29, 0.717) is 6.54 Å². The van der Waals surface area contributed by atoms with Crippen LogP contribution < -0.4 is 10.6 Å². The largest absolute Gasteiger partial charge is 0.446 e. The highest BCUT2D eigenvalue weighted by Crippen LogP contribution is 2.29. The average molecular weight is 234 g/mol. The lowest BCUT2D eigenvalue weighted by Gasteiger charge is -2.29. The minimum absolute atomic E-state index is 0.0957. The molecule has 1 aliphatic heterocycles. The van der Waals surface area contributed by atoms with E-state index in [1.165, 1.54) is 0 Å². The molecule has 0 atom stereocenters. The summed E-state index contributed by atoms with van der Waals surface area (Å²) in [7, 11) is 0. The Kier molecular flexibility index (Phi) is 3.22. The normalized spacial score (nSPS) is 14.6. The summed E-state index contributed by atoms with van der Waals surface area (Å²) in [6.45, 7) is 4.42. The first kappa shape index (κ1) is 11.8. The maximum atomic E-state index is 11.9. The van der Waals surface area contributed by atoms with Crippen molar-refractivity contribution in [1.82, 2.24) is 0 Å². The summed E-state index contributed by atoms with van der Waals surface area (Å²) in [5.74, 6) is 0. The molecule has 4 heteroatoms. The SMILES string of the molecule is CC(C)OC(=O)N1CCCc2cc(N)ccc21. The van der Waals surface area contributed by atoms with Gasteiger partial charge < -0.3 is 10.5 Å². The number of nitrogens with two attached hydrogens (primary N) is 1. The number of nitrogens with zero attached hydrogens (tertiary/aromatic N) is 1. The fourth-order valence-electron chi connectivity index (χ4n) is 2.07. The highest BCUT2D eigenvalue weighted by atomic mass is 16.6. The topological polar surface area (TPSA) is 55.6 Å². The molecule has 0 saturated heterocycles. The van der Waals surface area contributed by atoms with Gasteiger partial charge in [0.2, 0.25) is 0 Å². The standard InChI is InChI=1S/C13H18N2O2/c1-9(2)17-13(16)15-7-3-4-10-8-11(14)5-6-12(10)15/h5-6,8-9H,3-4,7,14H2,1-2H3. The number of hydrogen-bond donors (Lipinski definition) is 1. The number of fused-ring (bicyclic) bond motifs is 1. The van der Waals surface area contributed by atoms with Crippen molar-refractivity contribution in [2.45, 2.75) is 32.8 Å². The summed E-state index contributed by atoms with van der Waals surface area (Å²) in [5, 5.41) is 0. The van der Waals surface area contributed by atoms with E-state index in [0.717, 1.165) is 29.8 Å². The molecule has 1 aromatic rings. The number of amides is 1. The minimum atomic E-state index is -0.272. The van der Waals surface area contributed by atoms with Gasteiger partial charge in [-0.2, -0.15) is 0 Å². The molecule has 92 valence electrons. The zero-order chi connectivity index (χ0) is 12.4. The quantitative estimate of drug-likeness (QED) is 0.760. The van der Waals surface area contributed by atoms with Crippen LogP contribution in [-0.2, 0) is 11.2 Å². The zero-order valence-electron chi connectivity index (χ0n) is 10.3. The van der Waals surface area contributed by atoms with Crippen molar-refractivity contribution in [2.75, 3.05) is 17.2 Å². The first-order chi connectivity index (χ1) is 8.08. The molecule has 1 heterocycles. The number of rotatable bonds is 1. The fraction of sp³-hybridized carbons (Fsp3) is 0.462. The molecule has 0 spiro atoms. The molecular weight excluding hydrogens is 216 g/mol. The van der Waals surface area contributed by atoms with Gasteiger partial charge in [0.1, 0.15) is 0 Å². The van der Waals surface area contributed by atoms with E-state index in [1.54, 1.807) is 4.90 Å². The molecule has 1 amide bonds. The molecular formula is C13H18N2O2. The second-order valence-electron chi connectivity index (χ2n) is 4.58. The minimum Gasteiger partial charge on any atom is -0.446 e. The predicted octanol–water partition coefficient (Wildman–Crippen LogP) is 2.57. The van der Waals surface area contributed by atoms with Gasteiger partial charge in [0.05, 0.1) is 11.8 Å². The van der Waals surface area contributed by atoms with Crippen LogP contribution in [0, 0.1) is 0 Å². The van der Waals surface area contributed by atoms with Gasteiger partial charge >= 0.3 is 6.09 Å². The van der Waals surface area contributed by atoms with Gasteiger partial charge in [-0.15, -0.1) is 0 Å². The van der Waals surface area contributed by atoms with Crippen LogP contribution in [0.5, 0.6) is 0 Å². The van der Waals surface area contributed by atoms with E-state index < -0.39 is 0 Å². The number of anilines is 2. The number of carbonyl (C=O) groups excluding carboxylic acids is 1. The number of hydrogen-bond acceptors (Lipinski definition) is 3. The Morgan fingerprint density at radius 1 is 1.47 bits per heavy atom. The van der Waals surface area contributed by atoms with Gasteiger partial charge in [-0.3, -0.25) is 4.90 Å². The molecule has 2 N–H and O–H groups in total. The number of benzene rings is 1. The lowest BCUT2D eigenvalue weighted by Crippen LogP contribution is -2.37. The lowest BCUT2D eigenvalue weighted by atomic mass is 10.0. The highest BCUT2D eigenvalue weighted by molar-refractivity contribution is 5.89. The van der Waals surface area contributed by atoms with Crippen molar-refractivity contribution in [1.29, 1.82) is 0 Å². The van der Waals surface area contributed by atoms with Gasteiger partial charge in [-0.25, -0.2) is 4.79 Å². The summed E-state index contributed by atoms with van der Waals surface area (Å²) >= 11 is 0. The second-order valence-corrected chi connectivity index (χ2v) is 4.58. The highest BCUT2D eigenvalue weighted by Gasteiger charge is 2.24. The van der Waals surface area contributed by atoms with Crippen molar-refractivity contribution in [3.63, 3.8) is 0 Å². The molecule has 17 heavy (non-hydrogen) atoms. The maximum Gasteiger partial charge on any atom is 0.414 e. The Balaban J connectivity index is 2.25. The van der Waals surface area contributed by atoms with Crippen LogP contribution in [0.1, 0.15) is 25.8 Å². The van der Waals surface area contributed by atoms with Crippen molar-refractivity contribution < 1.29 is 9.53 Å². The third kappa shape index (κ3) is 2.52. The van der Waals surface area contributed by atoms with Crippen LogP contribution in [0.2, 0.25) is 0 Å². The van der Waals surface area contributed by atoms with Crippen LogP contribution in [0.25, 0.3) is 0 Å². The van der Waals surface area contributed by atoms with E-state index in [-0.39, 0.29) is 12.2 Å². The predicted molar refractivity (Wildman–Crippen MR) is 68.1 cm³/mol. The molecule has 1 aromatic carbocycles. The van der Waals surface area contributed by atoms with Gasteiger partial charge in [0.15, 0.2) is 0 Å². The van der Waals surface area contributed by atoms with E-state index in [4.69, 9.17) is 10.5 Å². The molecule has 0 saturated carbocycles. The Bertz CT molecular complexity index is 429. The maximum absolute atomic E-state index is 11.9. The number of ether oxygens (including phenoxy) is 1. The van der Waals surface area contributed by atoms with Gasteiger partial charge in [0.25, 0.3) is 0 Å². The summed E-state index contributed by atoms with van der Waals surface area (Å²) in [5.41, 5.74) is 8.54. The summed E-state index contributed by atoms with van der Waals surface area (Å²) in [6, 6.07) is 5.65. The van der Waals surface area contributed by atoms with Crippen molar-refractivity contribution in [3.8, 4) is 0 Å². The van der Waals surface area contributed by atoms with E-state index in [2.05, 4.69) is 0 Å². The first-order valence-corrected chi connectivity index (χ1v) is 5.94. The summed E-state index contributed by atoms with van der Waals surface area (Å²) < 4.78 is 5.23. The van der Waals surface area contributed by atoms with E-state index in [9.17, 15) is 4.79 Å². The number of nitrogen functional groups attached to an aromatic ring is 1. The monoisotopic (exact) mass is 234 g/mol. The molecule has 0 aliphatic carbocycles. The smallest absolute Gasteiger partial charge is 0.414 e. The molecule has 0 fully saturated rings. The number of carbonyl (C=O) groups is 1. The average Bonchev–Trinajstić information content (AvgIpc) is 2.26. The second kappa shape index (κ2) is 4.65. The third-order valence-electron chi connectivity index (χ3n) is 2.78. The van der Waals surface area contributed by atoms with Crippen molar-refractivity contribution in [2.24, 2.45) is 0 Å². The van der Waals surface area contributed by atoms with Crippen LogP contribution >= 0.6 is 0 Å². The zero-order valence-corrected chi connectivity index (χ0v) is 10.3. The first-order valence-electron chi connectivity index (χ1n) is 5.94. The van der Waals surface area contributed by atoms with Gasteiger partial charge in [-0.1, -0.05) is 0 Å². The Morgan fingerprint density at radius 2 is 2.24 bits per heavy atom. The summed E-state index contributed by atoms with van der Waals surface area (Å²) in [6.07, 6.45) is 1.54. The lowest BCUT2D eigenvalue weighted by molar-refractivity contribution is 0.122. The third-order valence-corrected chi connectivity index (χ3v) is 2.78. The van der Waals surface area contributed by atoms with Crippen LogP contribution in [0.4, 0.5) is 16.2 Å². The number of aryl methyl sites for hydroxylation is 1. The van der Waals surface area contributed by atoms with Crippen LogP contribution in [0.3, 0.4) is 0 Å². The molecule has 0 aromatic heterocycles. The van der Waals surface area contributed by atoms with E-state index in [1.807, 2.05) is 32.0 Å². The van der Waals surface area contributed by atoms with Crippen molar-refractivity contribution >= 4 is 17.5 Å². The van der Waals surface area contributed by atoms with E-state index >= 15 is 0 Å². The Morgan fingerprint density at radius 3 is 2.94 bits per heavy atom. The molecule has 4 nitrogen and oxygen atoms in total. The van der Waals surface area contributed by atoms with Gasteiger partial charge in [0, 0.05) is 12.2 Å². The Labute approximate surface area is 101 Å². The molecule has 0 unspecified atom stereocenters. The molecule has 2 rings (SSSR count). The molecule has 0 radical (unpaired) electrons. The summed E-state index contributed by atoms with van der Waals surface area (Å²) in [4.78, 5) is 13.6. The Hall–Kier alpha value is -1.71. The fourth-order valence-corrected chi connectivity index (χ4v) is 2.07. The molecule has 1 aliphatic rings. The van der Waals surface area contributed by atoms with Crippen LogP contribution in [-0.4, -0.2) is 18.7 Å². The molecule has 0 bridgehead atoms.